The number of phenols is 1. The monoisotopic (exact) mass is 595 g/mol. The van der Waals surface area contributed by atoms with Crippen molar-refractivity contribution in [3.8, 4) is 5.75 Å². The predicted molar refractivity (Wildman–Crippen MR) is 172 cm³/mol. The van der Waals surface area contributed by atoms with Gasteiger partial charge in [0.05, 0.1) is 0 Å². The highest BCUT2D eigenvalue weighted by molar-refractivity contribution is 5.92. The first-order valence-corrected chi connectivity index (χ1v) is 15.8. The molecule has 3 amide bonds. The number of hydrogen-bond donors (Lipinski definition) is 3. The van der Waals surface area contributed by atoms with Crippen molar-refractivity contribution in [1.82, 2.24) is 15.5 Å². The molecule has 0 aromatic heterocycles. The fourth-order valence-electron chi connectivity index (χ4n) is 5.00. The van der Waals surface area contributed by atoms with Gasteiger partial charge in [-0.2, -0.15) is 0 Å². The molecule has 238 valence electrons. The van der Waals surface area contributed by atoms with Gasteiger partial charge < -0.3 is 25.4 Å². The molecule has 2 aromatic rings. The highest BCUT2D eigenvalue weighted by atomic mass is 16.6. The fourth-order valence-corrected chi connectivity index (χ4v) is 5.00. The number of aromatic hydroxyl groups is 1. The van der Waals surface area contributed by atoms with Gasteiger partial charge in [0.15, 0.2) is 0 Å². The summed E-state index contributed by atoms with van der Waals surface area (Å²) >= 11 is 0. The quantitative estimate of drug-likeness (QED) is 0.183. The first kappa shape index (κ1) is 35.6. The van der Waals surface area contributed by atoms with Crippen molar-refractivity contribution in [1.29, 1.82) is 0 Å². The summed E-state index contributed by atoms with van der Waals surface area (Å²) < 4.78 is 5.53. The second-order valence-electron chi connectivity index (χ2n) is 12.4. The Labute approximate surface area is 258 Å². The standard InChI is InChI=1S/C35H53N3O5/c1-8-10-12-14-23-38(31(32(40)36-22-13-11-9-2)29-17-15-16-25(3)26(29)4)33(41)30(37-34(42)43-35(5,6)7)24-27-18-20-28(39)21-19-27/h15-21,30-31,39H,8-14,22-24H2,1-7H3,(H,36,40)(H,37,42). The summed E-state index contributed by atoms with van der Waals surface area (Å²) in [5.41, 5.74) is 2.77. The zero-order valence-electron chi connectivity index (χ0n) is 27.3. The van der Waals surface area contributed by atoms with Crippen LogP contribution in [-0.4, -0.2) is 52.6 Å². The molecule has 2 unspecified atom stereocenters. The smallest absolute Gasteiger partial charge is 0.408 e. The molecule has 0 heterocycles. The number of carbonyl (C=O) groups excluding carboxylic acids is 3. The van der Waals surface area contributed by atoms with Gasteiger partial charge >= 0.3 is 6.09 Å². The average Bonchev–Trinajstić information content (AvgIpc) is 2.94. The molecule has 2 aromatic carbocycles. The summed E-state index contributed by atoms with van der Waals surface area (Å²) in [6.07, 6.45) is 6.06. The molecular formula is C35H53N3O5. The minimum atomic E-state index is -0.994. The molecule has 3 N–H and O–H groups in total. The Morgan fingerprint density at radius 2 is 1.56 bits per heavy atom. The van der Waals surface area contributed by atoms with Gasteiger partial charge in [-0.15, -0.1) is 0 Å². The summed E-state index contributed by atoms with van der Waals surface area (Å²) in [6.45, 7) is 14.4. The van der Waals surface area contributed by atoms with Crippen LogP contribution in [0.3, 0.4) is 0 Å². The van der Waals surface area contributed by atoms with Crippen LogP contribution in [0.4, 0.5) is 4.79 Å². The van der Waals surface area contributed by atoms with Crippen molar-refractivity contribution < 1.29 is 24.2 Å². The van der Waals surface area contributed by atoms with E-state index in [4.69, 9.17) is 4.74 Å². The fraction of sp³-hybridized carbons (Fsp3) is 0.571. The van der Waals surface area contributed by atoms with E-state index in [2.05, 4.69) is 24.5 Å². The van der Waals surface area contributed by atoms with Crippen LogP contribution >= 0.6 is 0 Å². The topological polar surface area (TPSA) is 108 Å². The molecular weight excluding hydrogens is 542 g/mol. The van der Waals surface area contributed by atoms with Gasteiger partial charge in [0, 0.05) is 19.5 Å². The molecule has 0 bridgehead atoms. The zero-order valence-corrected chi connectivity index (χ0v) is 27.3. The molecule has 8 heteroatoms. The van der Waals surface area contributed by atoms with E-state index < -0.39 is 23.8 Å². The molecule has 0 aliphatic heterocycles. The molecule has 0 aliphatic carbocycles. The number of carbonyl (C=O) groups is 3. The molecule has 8 nitrogen and oxygen atoms in total. The number of nitrogens with one attached hydrogen (secondary N) is 2. The lowest BCUT2D eigenvalue weighted by molar-refractivity contribution is -0.142. The van der Waals surface area contributed by atoms with Crippen LogP contribution in [0.15, 0.2) is 42.5 Å². The van der Waals surface area contributed by atoms with E-state index in [-0.39, 0.29) is 24.0 Å². The van der Waals surface area contributed by atoms with Gasteiger partial charge in [-0.1, -0.05) is 76.3 Å². The van der Waals surface area contributed by atoms with Gasteiger partial charge in [-0.05, 0) is 81.8 Å². The molecule has 0 spiro atoms. The Morgan fingerprint density at radius 3 is 2.19 bits per heavy atom. The van der Waals surface area contributed by atoms with E-state index in [0.29, 0.717) is 13.1 Å². The van der Waals surface area contributed by atoms with Crippen LogP contribution in [0.25, 0.3) is 0 Å². The van der Waals surface area contributed by atoms with E-state index in [1.54, 1.807) is 49.9 Å². The van der Waals surface area contributed by atoms with Crippen LogP contribution in [0.1, 0.15) is 108 Å². The van der Waals surface area contributed by atoms with Crippen LogP contribution in [0.5, 0.6) is 5.75 Å². The van der Waals surface area contributed by atoms with Crippen LogP contribution in [-0.2, 0) is 20.7 Å². The van der Waals surface area contributed by atoms with Gasteiger partial charge in [-0.3, -0.25) is 9.59 Å². The van der Waals surface area contributed by atoms with Crippen molar-refractivity contribution in [2.24, 2.45) is 0 Å². The number of phenolic OH excluding ortho intramolecular Hbond substituents is 1. The molecule has 2 atom stereocenters. The second kappa shape index (κ2) is 17.5. The van der Waals surface area contributed by atoms with E-state index in [1.165, 1.54) is 0 Å². The van der Waals surface area contributed by atoms with Gasteiger partial charge in [0.2, 0.25) is 11.8 Å². The van der Waals surface area contributed by atoms with Crippen molar-refractivity contribution in [2.45, 2.75) is 118 Å². The minimum absolute atomic E-state index is 0.110. The Kier molecular flexibility index (Phi) is 14.5. The molecule has 0 saturated heterocycles. The summed E-state index contributed by atoms with van der Waals surface area (Å²) in [7, 11) is 0. The third-order valence-corrected chi connectivity index (χ3v) is 7.48. The number of ether oxygens (including phenoxy) is 1. The third kappa shape index (κ3) is 11.9. The van der Waals surface area contributed by atoms with E-state index in [9.17, 15) is 19.5 Å². The Bertz CT molecular complexity index is 1170. The number of alkyl carbamates (subject to hydrolysis) is 1. The number of hydrogen-bond acceptors (Lipinski definition) is 5. The first-order valence-electron chi connectivity index (χ1n) is 15.8. The predicted octanol–water partition coefficient (Wildman–Crippen LogP) is 6.90. The van der Waals surface area contributed by atoms with Crippen LogP contribution in [0, 0.1) is 13.8 Å². The summed E-state index contributed by atoms with van der Waals surface area (Å²) in [6, 6.07) is 10.5. The lowest BCUT2D eigenvalue weighted by atomic mass is 9.94. The van der Waals surface area contributed by atoms with Crippen molar-refractivity contribution >= 4 is 17.9 Å². The molecule has 2 rings (SSSR count). The highest BCUT2D eigenvalue weighted by Gasteiger charge is 2.37. The Hall–Kier alpha value is -3.55. The number of nitrogens with zero attached hydrogens (tertiary/aromatic N) is 1. The number of unbranched alkanes of at least 4 members (excludes halogenated alkanes) is 5. The summed E-state index contributed by atoms with van der Waals surface area (Å²) in [5.74, 6) is -0.474. The summed E-state index contributed by atoms with van der Waals surface area (Å²) in [4.78, 5) is 43.2. The number of amides is 3. The first-order chi connectivity index (χ1) is 20.4. The number of benzene rings is 2. The van der Waals surface area contributed by atoms with E-state index in [1.807, 2.05) is 32.0 Å². The van der Waals surface area contributed by atoms with Crippen molar-refractivity contribution in [2.75, 3.05) is 13.1 Å². The van der Waals surface area contributed by atoms with Crippen molar-refractivity contribution in [3.05, 3.63) is 64.7 Å². The van der Waals surface area contributed by atoms with Crippen molar-refractivity contribution in [3.63, 3.8) is 0 Å². The summed E-state index contributed by atoms with van der Waals surface area (Å²) in [5, 5.41) is 15.7. The minimum Gasteiger partial charge on any atom is -0.508 e. The molecule has 0 aliphatic rings. The van der Waals surface area contributed by atoms with Crippen LogP contribution < -0.4 is 10.6 Å². The maximum Gasteiger partial charge on any atom is 0.408 e. The van der Waals surface area contributed by atoms with Gasteiger partial charge in [0.1, 0.15) is 23.4 Å². The number of aryl methyl sites for hydroxylation is 1. The van der Waals surface area contributed by atoms with E-state index in [0.717, 1.165) is 67.2 Å². The molecule has 43 heavy (non-hydrogen) atoms. The highest BCUT2D eigenvalue weighted by Crippen LogP contribution is 2.28. The largest absolute Gasteiger partial charge is 0.508 e. The maximum atomic E-state index is 14.6. The van der Waals surface area contributed by atoms with Crippen LogP contribution in [0.2, 0.25) is 0 Å². The van der Waals surface area contributed by atoms with Gasteiger partial charge in [0.25, 0.3) is 0 Å². The number of rotatable bonds is 16. The SMILES string of the molecule is CCCCCCN(C(=O)C(Cc1ccc(O)cc1)NC(=O)OC(C)(C)C)C(C(=O)NCCCCC)c1cccc(C)c1C. The third-order valence-electron chi connectivity index (χ3n) is 7.48. The average molecular weight is 596 g/mol. The Morgan fingerprint density at radius 1 is 0.907 bits per heavy atom. The zero-order chi connectivity index (χ0) is 32.0. The Balaban J connectivity index is 2.58. The second-order valence-corrected chi connectivity index (χ2v) is 12.4. The molecule has 0 fully saturated rings. The lowest BCUT2D eigenvalue weighted by Gasteiger charge is -2.35. The normalized spacial score (nSPS) is 12.7. The maximum absolute atomic E-state index is 14.6. The lowest BCUT2D eigenvalue weighted by Crippen LogP contribution is -2.54. The van der Waals surface area contributed by atoms with Gasteiger partial charge in [-0.25, -0.2) is 4.79 Å². The molecule has 0 saturated carbocycles. The van der Waals surface area contributed by atoms with E-state index >= 15 is 0 Å². The molecule has 0 radical (unpaired) electrons.